The smallest absolute Gasteiger partial charge is 0.331 e. The Labute approximate surface area is 235 Å². The molecule has 220 valence electrons. The molecule has 0 saturated heterocycles. The number of rotatable bonds is 11. The Morgan fingerprint density at radius 2 is 1.67 bits per heavy atom. The van der Waals surface area contributed by atoms with Gasteiger partial charge in [-0.25, -0.2) is 4.79 Å². The van der Waals surface area contributed by atoms with Crippen LogP contribution in [0.2, 0.25) is 0 Å². The lowest BCUT2D eigenvalue weighted by Crippen LogP contribution is -2.68. The molecule has 0 bridgehead atoms. The number of aliphatic imine (C=N–C) groups is 1. The van der Waals surface area contributed by atoms with Crippen LogP contribution >= 0.6 is 0 Å². The third-order valence-electron chi connectivity index (χ3n) is 12.1. The highest BCUT2D eigenvalue weighted by Gasteiger charge is 2.71. The fourth-order valence-electron chi connectivity index (χ4n) is 9.93. The van der Waals surface area contributed by atoms with Gasteiger partial charge in [-0.2, -0.15) is 0 Å². The number of esters is 1. The summed E-state index contributed by atoms with van der Waals surface area (Å²) in [4.78, 5) is 16.8. The second-order valence-corrected chi connectivity index (χ2v) is 14.0. The lowest BCUT2D eigenvalue weighted by molar-refractivity contribution is -0.237. The number of aliphatic hydroxyl groups excluding tert-OH is 1. The van der Waals surface area contributed by atoms with Crippen LogP contribution in [0.5, 0.6) is 0 Å². The predicted octanol–water partition coefficient (Wildman–Crippen LogP) is 5.91. The Balaban J connectivity index is 1.31. The highest BCUT2D eigenvalue weighted by atomic mass is 16.5. The minimum Gasteiger partial charge on any atom is -0.458 e. The molecular formula is C33H53NO5. The maximum atomic E-state index is 12.5. The van der Waals surface area contributed by atoms with E-state index in [9.17, 15) is 20.1 Å². The van der Waals surface area contributed by atoms with Crippen LogP contribution in [-0.2, 0) is 9.53 Å². The number of cyclic esters (lactones) is 1. The number of nitrogens with zero attached hydrogens (tertiary/aromatic N) is 1. The molecular weight excluding hydrogens is 490 g/mol. The summed E-state index contributed by atoms with van der Waals surface area (Å²) >= 11 is 0. The van der Waals surface area contributed by atoms with Gasteiger partial charge in [-0.05, 0) is 81.1 Å². The molecule has 0 aromatic heterocycles. The number of fused-ring (bicyclic) bond motifs is 5. The molecule has 4 aliphatic carbocycles. The lowest BCUT2D eigenvalue weighted by atomic mass is 9.41. The number of hydrogen-bond acceptors (Lipinski definition) is 6. The van der Waals surface area contributed by atoms with Crippen molar-refractivity contribution >= 4 is 12.2 Å². The van der Waals surface area contributed by atoms with E-state index in [0.29, 0.717) is 25.9 Å². The number of unbranched alkanes of at least 4 members (excludes halogenated alkanes) is 7. The Bertz CT molecular complexity index is 948. The quantitative estimate of drug-likeness (QED) is 0.171. The van der Waals surface area contributed by atoms with Crippen molar-refractivity contribution in [1.82, 2.24) is 0 Å². The first-order valence-electron chi connectivity index (χ1n) is 16.2. The van der Waals surface area contributed by atoms with Gasteiger partial charge in [0.15, 0.2) is 0 Å². The molecule has 4 fully saturated rings. The van der Waals surface area contributed by atoms with E-state index >= 15 is 0 Å². The topological polar surface area (TPSA) is 99.4 Å². The van der Waals surface area contributed by atoms with E-state index in [1.54, 1.807) is 6.08 Å². The van der Waals surface area contributed by atoms with Crippen LogP contribution in [0.25, 0.3) is 0 Å². The third-order valence-corrected chi connectivity index (χ3v) is 12.1. The first-order valence-corrected chi connectivity index (χ1v) is 16.2. The standard InChI is InChI=1S/C33H53NO5/c1-3-4-5-6-7-8-9-10-19-34-23-31-16-11-25(35)21-32(31,37)17-13-28-27(31)12-15-30(2)26(14-18-33(28,30)38)24-20-29(36)39-22-24/h20,23,25-28,35,37-38H,3-19,21-22H2,1-2H3/t25-,26-,27-,28+,30+,31-,32+,33-/m0/s1. The molecule has 1 aliphatic heterocycles. The van der Waals surface area contributed by atoms with E-state index in [4.69, 9.17) is 9.73 Å². The molecule has 0 aromatic rings. The molecule has 5 aliphatic rings. The first kappa shape index (κ1) is 29.3. The van der Waals surface area contributed by atoms with E-state index in [1.807, 2.05) is 0 Å². The van der Waals surface area contributed by atoms with Gasteiger partial charge >= 0.3 is 5.97 Å². The van der Waals surface area contributed by atoms with E-state index in [0.717, 1.165) is 57.1 Å². The monoisotopic (exact) mass is 543 g/mol. The molecule has 0 spiro atoms. The molecule has 0 unspecified atom stereocenters. The molecule has 5 rings (SSSR count). The molecule has 8 atom stereocenters. The van der Waals surface area contributed by atoms with Crippen molar-refractivity contribution < 1.29 is 24.9 Å². The van der Waals surface area contributed by atoms with Crippen molar-refractivity contribution in [3.8, 4) is 0 Å². The summed E-state index contributed by atoms with van der Waals surface area (Å²) in [5.41, 5.74) is -1.54. The SMILES string of the molecule is CCCCCCCCCCN=C[C@]12CC[C@H](O)C[C@]1(O)CC[C@@H]1[C@@H]2CC[C@]2(C)[C@H](C3=CC(=O)OC3)CC[C@]12O. The van der Waals surface area contributed by atoms with Gasteiger partial charge in [0.1, 0.15) is 6.61 Å². The summed E-state index contributed by atoms with van der Waals surface area (Å²) < 4.78 is 5.27. The highest BCUT2D eigenvalue weighted by molar-refractivity contribution is 5.85. The summed E-state index contributed by atoms with van der Waals surface area (Å²) in [7, 11) is 0. The van der Waals surface area contributed by atoms with Crippen LogP contribution < -0.4 is 0 Å². The molecule has 0 aromatic carbocycles. The maximum absolute atomic E-state index is 12.5. The summed E-state index contributed by atoms with van der Waals surface area (Å²) in [5, 5.41) is 35.3. The average Bonchev–Trinajstić information content (AvgIpc) is 3.45. The number of ether oxygens (including phenoxy) is 1. The van der Waals surface area contributed by atoms with Gasteiger partial charge in [0.2, 0.25) is 0 Å². The largest absolute Gasteiger partial charge is 0.458 e. The Hall–Kier alpha value is -1.24. The maximum Gasteiger partial charge on any atom is 0.331 e. The zero-order valence-corrected chi connectivity index (χ0v) is 24.5. The number of carbonyl (C=O) groups is 1. The van der Waals surface area contributed by atoms with Crippen molar-refractivity contribution in [2.75, 3.05) is 13.2 Å². The number of aliphatic hydroxyl groups is 3. The zero-order valence-electron chi connectivity index (χ0n) is 24.5. The second-order valence-electron chi connectivity index (χ2n) is 14.0. The third kappa shape index (κ3) is 5.05. The number of hydrogen-bond donors (Lipinski definition) is 3. The van der Waals surface area contributed by atoms with Crippen LogP contribution in [0.4, 0.5) is 0 Å². The van der Waals surface area contributed by atoms with Gasteiger partial charge in [-0.15, -0.1) is 0 Å². The molecule has 6 heteroatoms. The minimum atomic E-state index is -0.967. The molecule has 39 heavy (non-hydrogen) atoms. The zero-order chi connectivity index (χ0) is 27.7. The number of carbonyl (C=O) groups excluding carboxylic acids is 1. The van der Waals surface area contributed by atoms with Crippen molar-refractivity contribution in [3.63, 3.8) is 0 Å². The van der Waals surface area contributed by atoms with Crippen molar-refractivity contribution in [2.24, 2.45) is 33.6 Å². The highest BCUT2D eigenvalue weighted by Crippen LogP contribution is 2.70. The molecule has 0 radical (unpaired) electrons. The van der Waals surface area contributed by atoms with Crippen LogP contribution in [0.15, 0.2) is 16.6 Å². The normalized spacial score (nSPS) is 43.6. The summed E-state index contributed by atoms with van der Waals surface area (Å²) in [6.07, 6.45) is 20.1. The Morgan fingerprint density at radius 1 is 0.949 bits per heavy atom. The van der Waals surface area contributed by atoms with E-state index < -0.39 is 22.7 Å². The molecule has 4 saturated carbocycles. The minimum absolute atomic E-state index is 0.0879. The molecule has 0 amide bonds. The second kappa shape index (κ2) is 11.6. The average molecular weight is 544 g/mol. The van der Waals surface area contributed by atoms with Crippen LogP contribution in [-0.4, -0.2) is 58.0 Å². The molecule has 3 N–H and O–H groups in total. The summed E-state index contributed by atoms with van der Waals surface area (Å²) in [6, 6.07) is 0. The van der Waals surface area contributed by atoms with E-state index in [2.05, 4.69) is 20.1 Å². The van der Waals surface area contributed by atoms with Crippen molar-refractivity contribution in [3.05, 3.63) is 11.6 Å². The Morgan fingerprint density at radius 3 is 2.38 bits per heavy atom. The van der Waals surface area contributed by atoms with Gasteiger partial charge in [-0.1, -0.05) is 58.8 Å². The van der Waals surface area contributed by atoms with Gasteiger partial charge in [0.25, 0.3) is 0 Å². The predicted molar refractivity (Wildman–Crippen MR) is 153 cm³/mol. The molecule has 6 nitrogen and oxygen atoms in total. The fraction of sp³-hybridized carbons (Fsp3) is 0.879. The fourth-order valence-corrected chi connectivity index (χ4v) is 9.93. The lowest BCUT2D eigenvalue weighted by Gasteiger charge is -2.65. The van der Waals surface area contributed by atoms with Crippen LogP contribution in [0.3, 0.4) is 0 Å². The van der Waals surface area contributed by atoms with Crippen molar-refractivity contribution in [1.29, 1.82) is 0 Å². The van der Waals surface area contributed by atoms with Gasteiger partial charge < -0.3 is 20.1 Å². The van der Waals surface area contributed by atoms with Gasteiger partial charge in [0.05, 0.1) is 17.3 Å². The first-order chi connectivity index (χ1) is 18.7. The summed E-state index contributed by atoms with van der Waals surface area (Å²) in [6.45, 7) is 5.64. The Kier molecular flexibility index (Phi) is 8.68. The van der Waals surface area contributed by atoms with Gasteiger partial charge in [0, 0.05) is 36.1 Å². The van der Waals surface area contributed by atoms with Crippen LogP contribution in [0.1, 0.15) is 123 Å². The van der Waals surface area contributed by atoms with Crippen LogP contribution in [0, 0.1) is 28.6 Å². The van der Waals surface area contributed by atoms with E-state index in [1.165, 1.54) is 44.9 Å². The molecule has 1 heterocycles. The van der Waals surface area contributed by atoms with Gasteiger partial charge in [-0.3, -0.25) is 4.99 Å². The van der Waals surface area contributed by atoms with Crippen molar-refractivity contribution in [2.45, 2.75) is 140 Å². The van der Waals surface area contributed by atoms with E-state index in [-0.39, 0.29) is 29.1 Å². The summed E-state index contributed by atoms with van der Waals surface area (Å²) in [5.74, 6) is 0.145.